The normalized spacial score (nSPS) is 17.1. The lowest BCUT2D eigenvalue weighted by Gasteiger charge is -2.42. The molecule has 138 valence electrons. The van der Waals surface area contributed by atoms with Gasteiger partial charge in [-0.2, -0.15) is 0 Å². The Hall–Kier alpha value is -1.86. The zero-order valence-corrected chi connectivity index (χ0v) is 18.8. The second-order valence-electron chi connectivity index (χ2n) is 8.03. The highest BCUT2D eigenvalue weighted by molar-refractivity contribution is 7.18. The number of hydrogen-bond acceptors (Lipinski definition) is 2. The van der Waals surface area contributed by atoms with Gasteiger partial charge in [0.1, 0.15) is 0 Å². The molecule has 0 aromatic heterocycles. The Morgan fingerprint density at radius 1 is 0.885 bits per heavy atom. The Morgan fingerprint density at radius 3 is 1.92 bits per heavy atom. The molecule has 1 aliphatic rings. The van der Waals surface area contributed by atoms with Crippen LogP contribution in [0.25, 0.3) is 0 Å². The van der Waals surface area contributed by atoms with Gasteiger partial charge in [-0.25, -0.2) is 0 Å². The van der Waals surface area contributed by atoms with Crippen LogP contribution in [0.2, 0.25) is 26.2 Å². The molecule has 0 saturated heterocycles. The van der Waals surface area contributed by atoms with E-state index in [1.54, 1.807) is 10.4 Å². The molecule has 0 spiro atoms. The van der Waals surface area contributed by atoms with Crippen molar-refractivity contribution in [2.45, 2.75) is 40.0 Å². The first-order valence-corrected chi connectivity index (χ1v) is 15.4. The quantitative estimate of drug-likeness (QED) is 0.756. The van der Waals surface area contributed by atoms with E-state index in [4.69, 9.17) is 0 Å². The van der Waals surface area contributed by atoms with Gasteiger partial charge in [0.15, 0.2) is 16.5 Å². The lowest BCUT2D eigenvalue weighted by atomic mass is 10.2. The van der Waals surface area contributed by atoms with Gasteiger partial charge in [-0.1, -0.05) is 30.3 Å². The van der Waals surface area contributed by atoms with Crippen molar-refractivity contribution in [3.05, 3.63) is 54.1 Å². The van der Waals surface area contributed by atoms with Crippen molar-refractivity contribution in [3.8, 4) is 0 Å². The van der Waals surface area contributed by atoms with Crippen LogP contribution in [0.15, 0.2) is 48.5 Å². The van der Waals surface area contributed by atoms with E-state index in [1.165, 1.54) is 5.69 Å². The van der Waals surface area contributed by atoms with Gasteiger partial charge in [0.25, 0.3) is 5.91 Å². The maximum atomic E-state index is 12.8. The number of nitrogens with zero attached hydrogens (tertiary/aromatic N) is 2. The molecule has 2 aromatic carbocycles. The minimum absolute atomic E-state index is 0.132. The molecule has 1 heterocycles. The largest absolute Gasteiger partial charge is 0.417 e. The van der Waals surface area contributed by atoms with E-state index in [0.29, 0.717) is 0 Å². The monoisotopic (exact) mass is 382 g/mol. The SMILES string of the molecule is CCN(CC)C(=O)c1cccc(N2[Si](C)(C)c3ccccc3[Si]2(C)C)c1. The van der Waals surface area contributed by atoms with E-state index in [-0.39, 0.29) is 5.91 Å². The van der Waals surface area contributed by atoms with Gasteiger partial charge in [-0.15, -0.1) is 0 Å². The molecule has 0 fully saturated rings. The van der Waals surface area contributed by atoms with Gasteiger partial charge in [0, 0.05) is 24.3 Å². The second kappa shape index (κ2) is 6.70. The Kier molecular flexibility index (Phi) is 4.88. The first kappa shape index (κ1) is 18.9. The van der Waals surface area contributed by atoms with Crippen molar-refractivity contribution >= 4 is 38.4 Å². The molecule has 0 bridgehead atoms. The van der Waals surface area contributed by atoms with E-state index < -0.39 is 16.5 Å². The van der Waals surface area contributed by atoms with Crippen LogP contribution in [0.1, 0.15) is 24.2 Å². The predicted molar refractivity (Wildman–Crippen MR) is 117 cm³/mol. The lowest BCUT2D eigenvalue weighted by Crippen LogP contribution is -2.60. The first-order chi connectivity index (χ1) is 12.2. The topological polar surface area (TPSA) is 23.6 Å². The molecule has 0 N–H and O–H groups in total. The third kappa shape index (κ3) is 2.83. The molecule has 3 nitrogen and oxygen atoms in total. The minimum atomic E-state index is -1.80. The number of hydrogen-bond donors (Lipinski definition) is 0. The standard InChI is InChI=1S/C21H30N2OSi2/c1-7-22(8-2)21(24)17-12-11-13-18(16-17)23-25(3,4)19-14-9-10-15-20(19)26(23,5)6/h9-16H,7-8H2,1-6H3. The molecule has 0 aliphatic carbocycles. The summed E-state index contributed by atoms with van der Waals surface area (Å²) in [4.78, 5) is 14.7. The Balaban J connectivity index is 2.08. The number of amides is 1. The molecule has 26 heavy (non-hydrogen) atoms. The van der Waals surface area contributed by atoms with E-state index in [0.717, 1.165) is 18.7 Å². The maximum Gasteiger partial charge on any atom is 0.253 e. The summed E-state index contributed by atoms with van der Waals surface area (Å²) in [5, 5.41) is 3.11. The fourth-order valence-corrected chi connectivity index (χ4v) is 17.3. The second-order valence-corrected chi connectivity index (χ2v) is 16.7. The molecule has 0 unspecified atom stereocenters. The number of carbonyl (C=O) groups excluding carboxylic acids is 1. The molecule has 1 amide bonds. The minimum Gasteiger partial charge on any atom is -0.417 e. The fraction of sp³-hybridized carbons (Fsp3) is 0.381. The molecule has 1 aliphatic heterocycles. The highest BCUT2D eigenvalue weighted by Gasteiger charge is 2.51. The molecule has 2 aromatic rings. The third-order valence-corrected chi connectivity index (χ3v) is 15.6. The van der Waals surface area contributed by atoms with E-state index >= 15 is 0 Å². The number of carbonyl (C=O) groups is 1. The molecular formula is C21H30N2OSi2. The van der Waals surface area contributed by atoms with E-state index in [1.807, 2.05) is 30.9 Å². The zero-order valence-electron chi connectivity index (χ0n) is 16.8. The summed E-state index contributed by atoms with van der Waals surface area (Å²) in [7, 11) is -3.60. The predicted octanol–water partition coefficient (Wildman–Crippen LogP) is 3.51. The molecule has 5 heteroatoms. The van der Waals surface area contributed by atoms with Gasteiger partial charge >= 0.3 is 0 Å². The fourth-order valence-electron chi connectivity index (χ4n) is 4.61. The average Bonchev–Trinajstić information content (AvgIpc) is 2.78. The zero-order chi connectivity index (χ0) is 19.1. The van der Waals surface area contributed by atoms with Crippen LogP contribution < -0.4 is 14.6 Å². The van der Waals surface area contributed by atoms with Crippen LogP contribution in [-0.4, -0.2) is 40.4 Å². The van der Waals surface area contributed by atoms with Gasteiger partial charge in [0.2, 0.25) is 0 Å². The highest BCUT2D eigenvalue weighted by atomic mass is 28.4. The van der Waals surface area contributed by atoms with Crippen LogP contribution in [0.5, 0.6) is 0 Å². The van der Waals surface area contributed by atoms with Crippen LogP contribution in [0.4, 0.5) is 5.69 Å². The smallest absolute Gasteiger partial charge is 0.253 e. The number of fused-ring (bicyclic) bond motifs is 1. The summed E-state index contributed by atoms with van der Waals surface area (Å²) in [5.74, 6) is 0.132. The summed E-state index contributed by atoms with van der Waals surface area (Å²) in [6.45, 7) is 15.3. The number of anilines is 1. The van der Waals surface area contributed by atoms with Gasteiger partial charge < -0.3 is 9.13 Å². The maximum absolute atomic E-state index is 12.8. The van der Waals surface area contributed by atoms with Crippen molar-refractivity contribution < 1.29 is 4.79 Å². The van der Waals surface area contributed by atoms with Crippen LogP contribution in [-0.2, 0) is 0 Å². The first-order valence-electron chi connectivity index (χ1n) is 9.54. The third-order valence-electron chi connectivity index (χ3n) is 5.77. The average molecular weight is 383 g/mol. The number of benzene rings is 2. The van der Waals surface area contributed by atoms with Crippen molar-refractivity contribution in [2.24, 2.45) is 0 Å². The highest BCUT2D eigenvalue weighted by Crippen LogP contribution is 2.32. The van der Waals surface area contributed by atoms with Crippen LogP contribution in [0.3, 0.4) is 0 Å². The summed E-state index contributed by atoms with van der Waals surface area (Å²) >= 11 is 0. The summed E-state index contributed by atoms with van der Waals surface area (Å²) in [6.07, 6.45) is 0. The Bertz CT molecular complexity index is 793. The number of rotatable bonds is 4. The molecule has 3 rings (SSSR count). The lowest BCUT2D eigenvalue weighted by molar-refractivity contribution is 0.0773. The Labute approximate surface area is 159 Å². The summed E-state index contributed by atoms with van der Waals surface area (Å²) < 4.78 is 2.73. The van der Waals surface area contributed by atoms with Crippen LogP contribution in [0, 0.1) is 0 Å². The van der Waals surface area contributed by atoms with E-state index in [9.17, 15) is 4.79 Å². The van der Waals surface area contributed by atoms with Crippen molar-refractivity contribution in [1.29, 1.82) is 0 Å². The van der Waals surface area contributed by atoms with Gasteiger partial charge in [-0.3, -0.25) is 4.79 Å². The summed E-state index contributed by atoms with van der Waals surface area (Å²) in [5.41, 5.74) is 2.02. The van der Waals surface area contributed by atoms with Gasteiger partial charge in [-0.05, 0) is 68.6 Å². The van der Waals surface area contributed by atoms with Crippen LogP contribution >= 0.6 is 0 Å². The molecule has 0 atom stereocenters. The van der Waals surface area contributed by atoms with Gasteiger partial charge in [0.05, 0.1) is 0 Å². The molecule has 0 radical (unpaired) electrons. The van der Waals surface area contributed by atoms with Crippen molar-refractivity contribution in [1.82, 2.24) is 4.90 Å². The molecular weight excluding hydrogens is 352 g/mol. The van der Waals surface area contributed by atoms with Crippen molar-refractivity contribution in [2.75, 3.05) is 17.3 Å². The van der Waals surface area contributed by atoms with E-state index in [2.05, 4.69) is 66.8 Å². The Morgan fingerprint density at radius 2 is 1.42 bits per heavy atom. The molecule has 0 saturated carbocycles. The van der Waals surface area contributed by atoms with Crippen molar-refractivity contribution in [3.63, 3.8) is 0 Å². The summed E-state index contributed by atoms with van der Waals surface area (Å²) in [6, 6.07) is 17.3.